The number of nitrogens with one attached hydrogen (secondary N) is 2. The minimum atomic E-state index is 0.671. The normalized spacial score (nSPS) is 16.0. The maximum Gasteiger partial charge on any atom is 0.195 e. The lowest BCUT2D eigenvalue weighted by Crippen LogP contribution is -2.32. The molecule has 4 rings (SSSR count). The van der Waals surface area contributed by atoms with Crippen LogP contribution in [-0.2, 0) is 18.2 Å². The van der Waals surface area contributed by atoms with Crippen molar-refractivity contribution < 1.29 is 14.2 Å². The molecule has 1 aromatic carbocycles. The van der Waals surface area contributed by atoms with E-state index in [1.54, 1.807) is 0 Å². The molecule has 8 nitrogen and oxygen atoms in total. The number of aromatic nitrogens is 2. The molecule has 174 valence electrons. The number of aliphatic imine (C=N–C) groups is 1. The molecule has 2 aliphatic rings. The van der Waals surface area contributed by atoms with Crippen LogP contribution in [0.25, 0.3) is 0 Å². The third kappa shape index (κ3) is 7.44. The van der Waals surface area contributed by atoms with Crippen LogP contribution in [0.3, 0.4) is 0 Å². The van der Waals surface area contributed by atoms with Crippen LogP contribution in [0.4, 0.5) is 5.69 Å². The molecule has 2 heterocycles. The summed E-state index contributed by atoms with van der Waals surface area (Å²) in [6, 6.07) is 5.93. The molecule has 8 heteroatoms. The van der Waals surface area contributed by atoms with Gasteiger partial charge in [0.05, 0.1) is 19.4 Å². The van der Waals surface area contributed by atoms with Crippen LogP contribution < -0.4 is 20.1 Å². The average Bonchev–Trinajstić information content (AvgIpc) is 3.57. The van der Waals surface area contributed by atoms with Gasteiger partial charge < -0.3 is 24.8 Å². The molecule has 32 heavy (non-hydrogen) atoms. The van der Waals surface area contributed by atoms with Crippen LogP contribution in [0, 0.1) is 5.92 Å². The Kier molecular flexibility index (Phi) is 8.25. The van der Waals surface area contributed by atoms with Gasteiger partial charge in [0.1, 0.15) is 0 Å². The Morgan fingerprint density at radius 2 is 2.09 bits per heavy atom. The quantitative estimate of drug-likeness (QED) is 0.316. The first-order chi connectivity index (χ1) is 15.8. The molecule has 0 amide bonds. The fraction of sp³-hybridized carbons (Fsp3) is 0.583. The minimum Gasteiger partial charge on any atom is -0.490 e. The standard InChI is InChI=1S/C24H35N5O3/c1-29-17-20(16-27-29)5-2-10-25-24(26-11-3-12-30-18-19-6-7-19)28-21-8-9-22-23(15-21)32-14-4-13-31-22/h8-9,15-17,19H,2-7,10-14,18H2,1H3,(H2,25,26,28). The van der Waals surface area contributed by atoms with Gasteiger partial charge in [0.25, 0.3) is 0 Å². The third-order valence-corrected chi connectivity index (χ3v) is 5.47. The number of ether oxygens (including phenoxy) is 3. The second kappa shape index (κ2) is 11.8. The highest BCUT2D eigenvalue weighted by molar-refractivity contribution is 5.93. The maximum absolute atomic E-state index is 5.82. The lowest BCUT2D eigenvalue weighted by atomic mass is 10.2. The Labute approximate surface area is 190 Å². The number of benzene rings is 1. The molecular formula is C24H35N5O3. The second-order valence-electron chi connectivity index (χ2n) is 8.49. The summed E-state index contributed by atoms with van der Waals surface area (Å²) in [5, 5.41) is 11.1. The summed E-state index contributed by atoms with van der Waals surface area (Å²) in [5.41, 5.74) is 2.17. The molecule has 0 spiro atoms. The average molecular weight is 442 g/mol. The van der Waals surface area contributed by atoms with Gasteiger partial charge in [0, 0.05) is 57.7 Å². The predicted octanol–water partition coefficient (Wildman–Crippen LogP) is 3.39. The first-order valence-electron chi connectivity index (χ1n) is 11.8. The maximum atomic E-state index is 5.82. The SMILES string of the molecule is Cn1cc(CCCN=C(NCCCOCC2CC2)Nc2ccc3c(c2)OCCCO3)cn1. The molecule has 0 bridgehead atoms. The van der Waals surface area contributed by atoms with Crippen molar-refractivity contribution >= 4 is 11.6 Å². The Morgan fingerprint density at radius 1 is 1.22 bits per heavy atom. The van der Waals surface area contributed by atoms with Crippen molar-refractivity contribution in [3.05, 3.63) is 36.2 Å². The minimum absolute atomic E-state index is 0.671. The highest BCUT2D eigenvalue weighted by atomic mass is 16.5. The number of hydrogen-bond acceptors (Lipinski definition) is 5. The van der Waals surface area contributed by atoms with Gasteiger partial charge in [-0.2, -0.15) is 5.10 Å². The van der Waals surface area contributed by atoms with E-state index in [0.29, 0.717) is 13.2 Å². The van der Waals surface area contributed by atoms with Gasteiger partial charge in [-0.25, -0.2) is 0 Å². The Balaban J connectivity index is 1.29. The number of aryl methyl sites for hydroxylation is 2. The van der Waals surface area contributed by atoms with E-state index in [9.17, 15) is 0 Å². The highest BCUT2D eigenvalue weighted by Crippen LogP contribution is 2.32. The number of rotatable bonds is 11. The first kappa shape index (κ1) is 22.5. The van der Waals surface area contributed by atoms with Crippen molar-refractivity contribution in [2.24, 2.45) is 18.0 Å². The Hall–Kier alpha value is -2.74. The monoisotopic (exact) mass is 441 g/mol. The molecule has 1 saturated carbocycles. The Morgan fingerprint density at radius 3 is 2.91 bits per heavy atom. The summed E-state index contributed by atoms with van der Waals surface area (Å²) < 4.78 is 19.1. The van der Waals surface area contributed by atoms with Crippen molar-refractivity contribution in [1.29, 1.82) is 0 Å². The van der Waals surface area contributed by atoms with Crippen molar-refractivity contribution in [2.45, 2.75) is 38.5 Å². The topological polar surface area (TPSA) is 81.9 Å². The molecule has 1 aliphatic heterocycles. The summed E-state index contributed by atoms with van der Waals surface area (Å²) in [7, 11) is 1.94. The van der Waals surface area contributed by atoms with Gasteiger partial charge in [0.15, 0.2) is 17.5 Å². The number of nitrogens with zero attached hydrogens (tertiary/aromatic N) is 3. The molecule has 0 atom stereocenters. The lowest BCUT2D eigenvalue weighted by molar-refractivity contribution is 0.123. The smallest absolute Gasteiger partial charge is 0.195 e. The molecule has 1 aliphatic carbocycles. The van der Waals surface area contributed by atoms with Crippen molar-refractivity contribution in [3.8, 4) is 11.5 Å². The molecule has 1 aromatic heterocycles. The van der Waals surface area contributed by atoms with Crippen LogP contribution in [0.5, 0.6) is 11.5 Å². The van der Waals surface area contributed by atoms with Crippen molar-refractivity contribution in [2.75, 3.05) is 44.8 Å². The molecule has 0 radical (unpaired) electrons. The second-order valence-corrected chi connectivity index (χ2v) is 8.49. The van der Waals surface area contributed by atoms with E-state index in [1.807, 2.05) is 36.1 Å². The van der Waals surface area contributed by atoms with E-state index in [4.69, 9.17) is 19.2 Å². The van der Waals surface area contributed by atoms with Crippen molar-refractivity contribution in [3.63, 3.8) is 0 Å². The largest absolute Gasteiger partial charge is 0.490 e. The zero-order valence-corrected chi connectivity index (χ0v) is 19.0. The fourth-order valence-electron chi connectivity index (χ4n) is 3.51. The highest BCUT2D eigenvalue weighted by Gasteiger charge is 2.20. The van der Waals surface area contributed by atoms with Gasteiger partial charge >= 0.3 is 0 Å². The zero-order chi connectivity index (χ0) is 22.0. The zero-order valence-electron chi connectivity index (χ0n) is 19.0. The summed E-state index contributed by atoms with van der Waals surface area (Å²) in [5.74, 6) is 3.15. The van der Waals surface area contributed by atoms with Crippen LogP contribution in [-0.4, -0.2) is 55.3 Å². The number of hydrogen-bond donors (Lipinski definition) is 2. The van der Waals surface area contributed by atoms with Crippen LogP contribution in [0.15, 0.2) is 35.6 Å². The van der Waals surface area contributed by atoms with Gasteiger partial charge in [0.2, 0.25) is 0 Å². The summed E-state index contributed by atoms with van der Waals surface area (Å²) in [6.07, 6.45) is 10.4. The summed E-state index contributed by atoms with van der Waals surface area (Å²) in [6.45, 7) is 4.59. The number of guanidine groups is 1. The number of fused-ring (bicyclic) bond motifs is 1. The Bertz CT molecular complexity index is 878. The molecular weight excluding hydrogens is 406 g/mol. The van der Waals surface area contributed by atoms with E-state index in [2.05, 4.69) is 21.9 Å². The fourth-order valence-corrected chi connectivity index (χ4v) is 3.51. The van der Waals surface area contributed by atoms with E-state index in [-0.39, 0.29) is 0 Å². The van der Waals surface area contributed by atoms with Gasteiger partial charge in [-0.1, -0.05) is 0 Å². The number of anilines is 1. The van der Waals surface area contributed by atoms with E-state index >= 15 is 0 Å². The lowest BCUT2D eigenvalue weighted by Gasteiger charge is -2.15. The van der Waals surface area contributed by atoms with Crippen LogP contribution in [0.1, 0.15) is 37.7 Å². The van der Waals surface area contributed by atoms with Gasteiger partial charge in [-0.05, 0) is 55.7 Å². The van der Waals surface area contributed by atoms with Gasteiger partial charge in [-0.3, -0.25) is 9.67 Å². The molecule has 0 unspecified atom stereocenters. The van der Waals surface area contributed by atoms with Crippen LogP contribution in [0.2, 0.25) is 0 Å². The molecule has 2 N–H and O–H groups in total. The molecule has 0 saturated heterocycles. The van der Waals surface area contributed by atoms with Gasteiger partial charge in [-0.15, -0.1) is 0 Å². The van der Waals surface area contributed by atoms with Crippen molar-refractivity contribution in [1.82, 2.24) is 15.1 Å². The third-order valence-electron chi connectivity index (χ3n) is 5.47. The van der Waals surface area contributed by atoms with E-state index in [0.717, 1.165) is 81.1 Å². The molecule has 2 aromatic rings. The first-order valence-corrected chi connectivity index (χ1v) is 11.8. The summed E-state index contributed by atoms with van der Waals surface area (Å²) in [4.78, 5) is 4.78. The van der Waals surface area contributed by atoms with Crippen LogP contribution >= 0.6 is 0 Å². The predicted molar refractivity (Wildman–Crippen MR) is 126 cm³/mol. The molecule has 1 fully saturated rings. The summed E-state index contributed by atoms with van der Waals surface area (Å²) >= 11 is 0. The van der Waals surface area contributed by atoms with E-state index in [1.165, 1.54) is 18.4 Å². The van der Waals surface area contributed by atoms with E-state index < -0.39 is 0 Å².